The van der Waals surface area contributed by atoms with Gasteiger partial charge < -0.3 is 16.0 Å². The fraction of sp³-hybridized carbons (Fsp3) is 0.500. The van der Waals surface area contributed by atoms with Crippen molar-refractivity contribution in [1.82, 2.24) is 10.2 Å². The lowest BCUT2D eigenvalue weighted by Gasteiger charge is -2.36. The Bertz CT molecular complexity index is 640. The smallest absolute Gasteiger partial charge is 0.270 e. The van der Waals surface area contributed by atoms with Crippen LogP contribution in [0.3, 0.4) is 0 Å². The van der Waals surface area contributed by atoms with Crippen LogP contribution in [0.15, 0.2) is 24.3 Å². The average Bonchev–Trinajstić information content (AvgIpc) is 2.60. The molecule has 0 aromatic heterocycles. The second-order valence-corrected chi connectivity index (χ2v) is 5.92. The fourth-order valence-corrected chi connectivity index (χ4v) is 2.89. The van der Waals surface area contributed by atoms with Gasteiger partial charge in [0.05, 0.1) is 4.92 Å². The van der Waals surface area contributed by atoms with Gasteiger partial charge in [0.1, 0.15) is 6.04 Å². The third-order valence-corrected chi connectivity index (χ3v) is 4.22. The Kier molecular flexibility index (Phi) is 7.79. The molecule has 1 aliphatic rings. The van der Waals surface area contributed by atoms with Gasteiger partial charge in [-0.25, -0.2) is 0 Å². The van der Waals surface area contributed by atoms with Gasteiger partial charge in [-0.05, 0) is 32.3 Å². The summed E-state index contributed by atoms with van der Waals surface area (Å²) in [6, 6.07) is 4.70. The Labute approximate surface area is 152 Å². The number of nitro benzene ring substituents is 1. The van der Waals surface area contributed by atoms with Gasteiger partial charge in [0.15, 0.2) is 0 Å². The summed E-state index contributed by atoms with van der Waals surface area (Å²) in [6.07, 6.45) is 2.83. The molecule has 1 fully saturated rings. The van der Waals surface area contributed by atoms with Gasteiger partial charge in [-0.3, -0.25) is 19.7 Å². The number of hydrogen-bond acceptors (Lipinski definition) is 5. The maximum Gasteiger partial charge on any atom is 0.270 e. The van der Waals surface area contributed by atoms with Gasteiger partial charge in [-0.15, -0.1) is 12.4 Å². The van der Waals surface area contributed by atoms with Gasteiger partial charge in [-0.2, -0.15) is 0 Å². The molecular formula is C16H23ClN4O4. The number of nitrogens with one attached hydrogen (secondary N) is 1. The van der Waals surface area contributed by atoms with Crippen molar-refractivity contribution < 1.29 is 14.5 Å². The van der Waals surface area contributed by atoms with Crippen molar-refractivity contribution in [3.63, 3.8) is 0 Å². The summed E-state index contributed by atoms with van der Waals surface area (Å²) in [5, 5.41) is 13.4. The first-order valence-electron chi connectivity index (χ1n) is 8.00. The van der Waals surface area contributed by atoms with Gasteiger partial charge in [0.2, 0.25) is 5.91 Å². The van der Waals surface area contributed by atoms with E-state index in [1.54, 1.807) is 11.8 Å². The van der Waals surface area contributed by atoms with E-state index in [-0.39, 0.29) is 35.6 Å². The van der Waals surface area contributed by atoms with E-state index >= 15 is 0 Å². The molecule has 25 heavy (non-hydrogen) atoms. The molecule has 0 radical (unpaired) electrons. The maximum absolute atomic E-state index is 12.6. The molecular weight excluding hydrogens is 348 g/mol. The Hall–Kier alpha value is -2.19. The van der Waals surface area contributed by atoms with Crippen LogP contribution in [0.4, 0.5) is 5.69 Å². The maximum atomic E-state index is 12.6. The second-order valence-electron chi connectivity index (χ2n) is 5.92. The lowest BCUT2D eigenvalue weighted by Crippen LogP contribution is -2.54. The Balaban J connectivity index is 0.00000312. The van der Waals surface area contributed by atoms with E-state index < -0.39 is 16.9 Å². The molecule has 9 heteroatoms. The molecule has 3 N–H and O–H groups in total. The number of rotatable bonds is 5. The van der Waals surface area contributed by atoms with Crippen LogP contribution in [-0.2, 0) is 4.79 Å². The van der Waals surface area contributed by atoms with E-state index in [0.29, 0.717) is 13.1 Å². The van der Waals surface area contributed by atoms with E-state index in [9.17, 15) is 19.7 Å². The van der Waals surface area contributed by atoms with Gasteiger partial charge >= 0.3 is 0 Å². The molecule has 1 aromatic carbocycles. The predicted molar refractivity (Wildman–Crippen MR) is 95.7 cm³/mol. The molecule has 1 aromatic rings. The van der Waals surface area contributed by atoms with Gasteiger partial charge in [-0.1, -0.05) is 6.07 Å². The molecule has 0 saturated carbocycles. The number of benzene rings is 1. The minimum atomic E-state index is -0.719. The summed E-state index contributed by atoms with van der Waals surface area (Å²) in [6.45, 7) is 2.65. The van der Waals surface area contributed by atoms with Crippen molar-refractivity contribution in [2.24, 2.45) is 5.73 Å². The molecule has 2 atom stereocenters. The largest absolute Gasteiger partial charge is 0.341 e. The first-order valence-corrected chi connectivity index (χ1v) is 8.00. The zero-order chi connectivity index (χ0) is 17.7. The number of nitro groups is 1. The van der Waals surface area contributed by atoms with Crippen LogP contribution < -0.4 is 11.1 Å². The van der Waals surface area contributed by atoms with Crippen LogP contribution in [0.2, 0.25) is 0 Å². The Morgan fingerprint density at radius 1 is 1.44 bits per heavy atom. The lowest BCUT2D eigenvalue weighted by atomic mass is 10.0. The third-order valence-electron chi connectivity index (χ3n) is 4.22. The number of hydrogen-bond donors (Lipinski definition) is 2. The molecule has 1 saturated heterocycles. The van der Waals surface area contributed by atoms with Crippen LogP contribution >= 0.6 is 12.4 Å². The number of nitrogens with two attached hydrogens (primary N) is 1. The third kappa shape index (κ3) is 5.14. The normalized spacial score (nSPS) is 18.0. The van der Waals surface area contributed by atoms with Crippen molar-refractivity contribution in [3.05, 3.63) is 39.9 Å². The Morgan fingerprint density at radius 2 is 2.16 bits per heavy atom. The minimum Gasteiger partial charge on any atom is -0.341 e. The average molecular weight is 371 g/mol. The van der Waals surface area contributed by atoms with Crippen LogP contribution in [-0.4, -0.2) is 46.8 Å². The van der Waals surface area contributed by atoms with Crippen LogP contribution in [0.1, 0.15) is 36.5 Å². The van der Waals surface area contributed by atoms with Crippen LogP contribution in [0, 0.1) is 10.1 Å². The van der Waals surface area contributed by atoms with Crippen LogP contribution in [0.25, 0.3) is 0 Å². The monoisotopic (exact) mass is 370 g/mol. The zero-order valence-electron chi connectivity index (χ0n) is 14.0. The summed E-state index contributed by atoms with van der Waals surface area (Å²) < 4.78 is 0. The SMILES string of the molecule is CC(NC(=O)c1cccc([N+](=O)[O-])c1)C(=O)N1CCCCC1CN.Cl. The van der Waals surface area contributed by atoms with E-state index in [0.717, 1.165) is 19.3 Å². The number of carbonyl (C=O) groups excluding carboxylic acids is 2. The first-order chi connectivity index (χ1) is 11.4. The van der Waals surface area contributed by atoms with Crippen molar-refractivity contribution >= 4 is 29.9 Å². The minimum absolute atomic E-state index is 0. The molecule has 8 nitrogen and oxygen atoms in total. The number of halogens is 1. The zero-order valence-corrected chi connectivity index (χ0v) is 14.8. The highest BCUT2D eigenvalue weighted by Gasteiger charge is 2.29. The molecule has 0 bridgehead atoms. The van der Waals surface area contributed by atoms with Crippen molar-refractivity contribution in [3.8, 4) is 0 Å². The summed E-state index contributed by atoms with van der Waals surface area (Å²) in [7, 11) is 0. The summed E-state index contributed by atoms with van der Waals surface area (Å²) in [5.41, 5.74) is 5.71. The van der Waals surface area contributed by atoms with Crippen LogP contribution in [0.5, 0.6) is 0 Å². The molecule has 0 spiro atoms. The summed E-state index contributed by atoms with van der Waals surface area (Å²) in [4.78, 5) is 36.7. The number of amides is 2. The molecule has 0 aliphatic carbocycles. The van der Waals surface area contributed by atoms with E-state index in [1.807, 2.05) is 0 Å². The summed E-state index contributed by atoms with van der Waals surface area (Å²) >= 11 is 0. The van der Waals surface area contributed by atoms with E-state index in [1.165, 1.54) is 24.3 Å². The van der Waals surface area contributed by atoms with Crippen molar-refractivity contribution in [1.29, 1.82) is 0 Å². The lowest BCUT2D eigenvalue weighted by molar-refractivity contribution is -0.384. The molecule has 2 amide bonds. The highest BCUT2D eigenvalue weighted by Crippen LogP contribution is 2.17. The Morgan fingerprint density at radius 3 is 2.80 bits per heavy atom. The van der Waals surface area contributed by atoms with Gasteiger partial charge in [0, 0.05) is 36.8 Å². The molecule has 1 heterocycles. The van der Waals surface area contributed by atoms with Gasteiger partial charge in [0.25, 0.3) is 11.6 Å². The highest BCUT2D eigenvalue weighted by molar-refractivity contribution is 5.97. The topological polar surface area (TPSA) is 119 Å². The number of carbonyl (C=O) groups is 2. The van der Waals surface area contributed by atoms with E-state index in [4.69, 9.17) is 5.73 Å². The van der Waals surface area contributed by atoms with E-state index in [2.05, 4.69) is 5.32 Å². The van der Waals surface area contributed by atoms with Crippen molar-refractivity contribution in [2.75, 3.05) is 13.1 Å². The first kappa shape index (κ1) is 20.9. The molecule has 2 unspecified atom stereocenters. The number of likely N-dealkylation sites (tertiary alicyclic amines) is 1. The van der Waals surface area contributed by atoms with Crippen molar-refractivity contribution in [2.45, 2.75) is 38.3 Å². The highest BCUT2D eigenvalue weighted by atomic mass is 35.5. The second kappa shape index (κ2) is 9.33. The fourth-order valence-electron chi connectivity index (χ4n) is 2.89. The molecule has 2 rings (SSSR count). The number of nitrogens with zero attached hydrogens (tertiary/aromatic N) is 2. The number of non-ortho nitro benzene ring substituents is 1. The summed E-state index contributed by atoms with van der Waals surface area (Å²) in [5.74, 6) is -0.690. The number of piperidine rings is 1. The predicted octanol–water partition coefficient (Wildman–Crippen LogP) is 1.47. The standard InChI is InChI=1S/C16H22N4O4.ClH/c1-11(16(22)19-8-3-2-6-14(19)10-17)18-15(21)12-5-4-7-13(9-12)20(23)24;/h4-5,7,9,11,14H,2-3,6,8,10,17H2,1H3,(H,18,21);1H. The molecule has 138 valence electrons. The quantitative estimate of drug-likeness (QED) is 0.601. The molecule has 1 aliphatic heterocycles.